The van der Waals surface area contributed by atoms with Gasteiger partial charge in [0.2, 0.25) is 0 Å². The minimum atomic E-state index is 0.358. The third-order valence-electron chi connectivity index (χ3n) is 2.53. The third-order valence-corrected chi connectivity index (χ3v) is 3.28. The Morgan fingerprint density at radius 2 is 2.36 bits per heavy atom. The molecule has 2 nitrogen and oxygen atoms in total. The van der Waals surface area contributed by atoms with Gasteiger partial charge in [0.05, 0.1) is 0 Å². The van der Waals surface area contributed by atoms with E-state index in [2.05, 4.69) is 26.9 Å². The number of hydrogen-bond acceptors (Lipinski definition) is 2. The van der Waals surface area contributed by atoms with Crippen molar-refractivity contribution in [1.29, 1.82) is 0 Å². The lowest BCUT2D eigenvalue weighted by molar-refractivity contribution is 0.332. The molecular formula is C11H14BrNO. The van der Waals surface area contributed by atoms with Crippen molar-refractivity contribution in [3.05, 3.63) is 29.8 Å². The molecule has 1 saturated heterocycles. The van der Waals surface area contributed by atoms with E-state index >= 15 is 0 Å². The number of rotatable bonds is 2. The van der Waals surface area contributed by atoms with E-state index in [0.29, 0.717) is 10.6 Å². The first-order valence-electron chi connectivity index (χ1n) is 4.88. The quantitative estimate of drug-likeness (QED) is 0.821. The van der Waals surface area contributed by atoms with Crippen LogP contribution in [0.25, 0.3) is 0 Å². The second-order valence-electron chi connectivity index (χ2n) is 3.79. The lowest BCUT2D eigenvalue weighted by Crippen LogP contribution is -2.19. The fourth-order valence-electron chi connectivity index (χ4n) is 1.84. The Balaban J connectivity index is 1.97. The molecule has 1 aliphatic heterocycles. The zero-order chi connectivity index (χ0) is 9.97. The smallest absolute Gasteiger partial charge is 0.115 e. The van der Waals surface area contributed by atoms with E-state index in [9.17, 15) is 5.11 Å². The van der Waals surface area contributed by atoms with Crippen molar-refractivity contribution >= 4 is 15.9 Å². The lowest BCUT2D eigenvalue weighted by Gasteiger charge is -2.14. The molecule has 0 bridgehead atoms. The molecule has 3 heteroatoms. The fourth-order valence-corrected chi connectivity index (χ4v) is 2.46. The molecule has 1 fully saturated rings. The number of nitrogens with zero attached hydrogens (tertiary/aromatic N) is 1. The summed E-state index contributed by atoms with van der Waals surface area (Å²) in [6.07, 6.45) is 1.22. The molecule has 0 aliphatic carbocycles. The molecule has 1 aromatic rings. The Morgan fingerprint density at radius 3 is 3.00 bits per heavy atom. The van der Waals surface area contributed by atoms with Crippen LogP contribution >= 0.6 is 15.9 Å². The van der Waals surface area contributed by atoms with Crippen molar-refractivity contribution in [1.82, 2.24) is 4.90 Å². The van der Waals surface area contributed by atoms with Crippen molar-refractivity contribution in [2.75, 3.05) is 13.1 Å². The maximum Gasteiger partial charge on any atom is 0.115 e. The van der Waals surface area contributed by atoms with Gasteiger partial charge in [0.1, 0.15) is 5.75 Å². The van der Waals surface area contributed by atoms with Gasteiger partial charge in [-0.05, 0) is 30.7 Å². The largest absolute Gasteiger partial charge is 0.508 e. The van der Waals surface area contributed by atoms with Gasteiger partial charge in [-0.2, -0.15) is 0 Å². The minimum Gasteiger partial charge on any atom is -0.508 e. The molecule has 1 heterocycles. The van der Waals surface area contributed by atoms with Gasteiger partial charge >= 0.3 is 0 Å². The highest BCUT2D eigenvalue weighted by Crippen LogP contribution is 2.20. The average molecular weight is 256 g/mol. The van der Waals surface area contributed by atoms with E-state index in [1.807, 2.05) is 12.1 Å². The van der Waals surface area contributed by atoms with Crippen LogP contribution in [0.3, 0.4) is 0 Å². The van der Waals surface area contributed by atoms with E-state index in [1.165, 1.54) is 12.0 Å². The van der Waals surface area contributed by atoms with Crippen LogP contribution in [0.4, 0.5) is 0 Å². The van der Waals surface area contributed by atoms with E-state index < -0.39 is 0 Å². The normalized spacial score (nSPS) is 22.8. The minimum absolute atomic E-state index is 0.358. The van der Waals surface area contributed by atoms with Crippen LogP contribution in [-0.2, 0) is 6.54 Å². The first-order valence-corrected chi connectivity index (χ1v) is 5.80. The Labute approximate surface area is 92.7 Å². The van der Waals surface area contributed by atoms with Crippen molar-refractivity contribution in [3.8, 4) is 5.75 Å². The molecule has 1 atom stereocenters. The number of alkyl halides is 1. The van der Waals surface area contributed by atoms with Crippen LogP contribution in [-0.4, -0.2) is 27.9 Å². The van der Waals surface area contributed by atoms with Crippen LogP contribution in [0.15, 0.2) is 24.3 Å². The Bertz CT molecular complexity index is 316. The molecule has 0 spiro atoms. The SMILES string of the molecule is Oc1cccc(CN2CCC(Br)C2)c1. The first kappa shape index (κ1) is 9.99. The number of aromatic hydroxyl groups is 1. The number of phenols is 1. The van der Waals surface area contributed by atoms with Gasteiger partial charge in [0, 0.05) is 17.9 Å². The molecule has 1 unspecified atom stereocenters. The van der Waals surface area contributed by atoms with Crippen molar-refractivity contribution in [3.63, 3.8) is 0 Å². The molecule has 1 aliphatic rings. The van der Waals surface area contributed by atoms with E-state index in [1.54, 1.807) is 6.07 Å². The number of likely N-dealkylation sites (tertiary alicyclic amines) is 1. The number of halogens is 1. The van der Waals surface area contributed by atoms with Crippen molar-refractivity contribution in [2.24, 2.45) is 0 Å². The van der Waals surface area contributed by atoms with Crippen molar-refractivity contribution in [2.45, 2.75) is 17.8 Å². The maximum absolute atomic E-state index is 9.31. The van der Waals surface area contributed by atoms with Crippen LogP contribution < -0.4 is 0 Å². The van der Waals surface area contributed by atoms with Gasteiger partial charge in [0.15, 0.2) is 0 Å². The van der Waals surface area contributed by atoms with Crippen LogP contribution in [0.1, 0.15) is 12.0 Å². The fraction of sp³-hybridized carbons (Fsp3) is 0.455. The topological polar surface area (TPSA) is 23.5 Å². The average Bonchev–Trinajstić information content (AvgIpc) is 2.51. The summed E-state index contributed by atoms with van der Waals surface area (Å²) >= 11 is 3.62. The Morgan fingerprint density at radius 1 is 1.50 bits per heavy atom. The number of hydrogen-bond donors (Lipinski definition) is 1. The summed E-state index contributed by atoms with van der Waals surface area (Å²) in [7, 11) is 0. The predicted octanol–water partition coefficient (Wildman–Crippen LogP) is 2.36. The van der Waals surface area contributed by atoms with Crippen LogP contribution in [0, 0.1) is 0 Å². The van der Waals surface area contributed by atoms with Crippen LogP contribution in [0.2, 0.25) is 0 Å². The molecule has 0 amide bonds. The highest BCUT2D eigenvalue weighted by molar-refractivity contribution is 9.09. The molecule has 1 N–H and O–H groups in total. The maximum atomic E-state index is 9.31. The summed E-state index contributed by atoms with van der Waals surface area (Å²) in [5, 5.41) is 9.31. The summed E-state index contributed by atoms with van der Waals surface area (Å²) in [6, 6.07) is 7.50. The van der Waals surface area contributed by atoms with Crippen molar-refractivity contribution < 1.29 is 5.11 Å². The number of phenolic OH excluding ortho intramolecular Hbond substituents is 1. The monoisotopic (exact) mass is 255 g/mol. The summed E-state index contributed by atoms with van der Waals surface area (Å²) in [4.78, 5) is 3.04. The molecule has 0 saturated carbocycles. The molecule has 2 rings (SSSR count). The summed E-state index contributed by atoms with van der Waals surface area (Å²) in [5.41, 5.74) is 1.19. The predicted molar refractivity (Wildman–Crippen MR) is 60.7 cm³/mol. The molecule has 14 heavy (non-hydrogen) atoms. The highest BCUT2D eigenvalue weighted by Gasteiger charge is 2.19. The Hall–Kier alpha value is -0.540. The first-order chi connectivity index (χ1) is 6.74. The van der Waals surface area contributed by atoms with E-state index in [0.717, 1.165) is 19.6 Å². The Kier molecular flexibility index (Phi) is 3.08. The lowest BCUT2D eigenvalue weighted by atomic mass is 10.2. The summed E-state index contributed by atoms with van der Waals surface area (Å²) < 4.78 is 0. The van der Waals surface area contributed by atoms with Crippen LogP contribution in [0.5, 0.6) is 5.75 Å². The van der Waals surface area contributed by atoms with Gasteiger partial charge in [-0.1, -0.05) is 28.1 Å². The van der Waals surface area contributed by atoms with Gasteiger partial charge in [-0.3, -0.25) is 4.90 Å². The summed E-state index contributed by atoms with van der Waals surface area (Å²) in [6.45, 7) is 3.19. The van der Waals surface area contributed by atoms with E-state index in [-0.39, 0.29) is 0 Å². The molecule has 0 aromatic heterocycles. The van der Waals surface area contributed by atoms with Gasteiger partial charge in [-0.15, -0.1) is 0 Å². The van der Waals surface area contributed by atoms with E-state index in [4.69, 9.17) is 0 Å². The molecule has 76 valence electrons. The number of benzene rings is 1. The second kappa shape index (κ2) is 4.32. The second-order valence-corrected chi connectivity index (χ2v) is 5.09. The molecule has 1 aromatic carbocycles. The summed E-state index contributed by atoms with van der Waals surface area (Å²) in [5.74, 6) is 0.358. The zero-order valence-electron chi connectivity index (χ0n) is 7.99. The zero-order valence-corrected chi connectivity index (χ0v) is 9.57. The standard InChI is InChI=1S/C11H14BrNO/c12-10-4-5-13(8-10)7-9-2-1-3-11(14)6-9/h1-3,6,10,14H,4-5,7-8H2. The molecular weight excluding hydrogens is 242 g/mol. The van der Waals surface area contributed by atoms with Gasteiger partial charge in [0.25, 0.3) is 0 Å². The van der Waals surface area contributed by atoms with Gasteiger partial charge < -0.3 is 5.11 Å². The highest BCUT2D eigenvalue weighted by atomic mass is 79.9. The van der Waals surface area contributed by atoms with Gasteiger partial charge in [-0.25, -0.2) is 0 Å². The third kappa shape index (κ3) is 2.49. The molecule has 0 radical (unpaired) electrons.